The molecule has 3 amide bonds. The van der Waals surface area contributed by atoms with E-state index in [1.54, 1.807) is 0 Å². The van der Waals surface area contributed by atoms with E-state index < -0.39 is 40.1 Å². The lowest BCUT2D eigenvalue weighted by Gasteiger charge is -2.12. The fourth-order valence-electron chi connectivity index (χ4n) is 2.15. The molecule has 0 aliphatic carbocycles. The van der Waals surface area contributed by atoms with Crippen molar-refractivity contribution in [3.8, 4) is 0 Å². The summed E-state index contributed by atoms with van der Waals surface area (Å²) >= 11 is 0. The number of sulfonamides is 1. The summed E-state index contributed by atoms with van der Waals surface area (Å²) in [5, 5.41) is 2.22. The van der Waals surface area contributed by atoms with E-state index in [-0.39, 0.29) is 16.0 Å². The Labute approximate surface area is 166 Å². The number of nitrogens with one attached hydrogen (secondary N) is 3. The zero-order chi connectivity index (χ0) is 21.6. The molecular formula is C18H19FN4O5S. The van der Waals surface area contributed by atoms with Crippen molar-refractivity contribution in [2.24, 2.45) is 0 Å². The van der Waals surface area contributed by atoms with E-state index in [1.165, 1.54) is 50.5 Å². The van der Waals surface area contributed by atoms with Crippen molar-refractivity contribution < 1.29 is 27.2 Å². The van der Waals surface area contributed by atoms with Crippen LogP contribution in [-0.2, 0) is 14.8 Å². The third-order valence-corrected chi connectivity index (χ3v) is 5.53. The maximum absolute atomic E-state index is 13.5. The highest BCUT2D eigenvalue weighted by Crippen LogP contribution is 2.14. The summed E-state index contributed by atoms with van der Waals surface area (Å²) in [6.45, 7) is -0.511. The lowest BCUT2D eigenvalue weighted by atomic mass is 10.2. The molecule has 0 spiro atoms. The molecule has 0 saturated carbocycles. The number of hydrogen-bond donors (Lipinski definition) is 3. The Balaban J connectivity index is 1.91. The molecule has 0 heterocycles. The Kier molecular flexibility index (Phi) is 7.02. The third-order valence-electron chi connectivity index (χ3n) is 3.72. The van der Waals surface area contributed by atoms with Crippen molar-refractivity contribution in [2.75, 3.05) is 20.6 Å². The number of carbonyl (C=O) groups is 3. The van der Waals surface area contributed by atoms with Crippen LogP contribution >= 0.6 is 0 Å². The van der Waals surface area contributed by atoms with Crippen LogP contribution in [0.2, 0.25) is 0 Å². The molecule has 0 aromatic heterocycles. The monoisotopic (exact) mass is 422 g/mol. The molecular weight excluding hydrogens is 403 g/mol. The van der Waals surface area contributed by atoms with Gasteiger partial charge in [-0.2, -0.15) is 0 Å². The highest BCUT2D eigenvalue weighted by Gasteiger charge is 2.19. The molecule has 11 heteroatoms. The first-order valence-electron chi connectivity index (χ1n) is 8.27. The highest BCUT2D eigenvalue weighted by atomic mass is 32.2. The lowest BCUT2D eigenvalue weighted by molar-refractivity contribution is -0.120. The normalized spacial score (nSPS) is 11.0. The molecule has 0 aliphatic rings. The topological polar surface area (TPSA) is 125 Å². The minimum Gasteiger partial charge on any atom is -0.343 e. The molecule has 29 heavy (non-hydrogen) atoms. The van der Waals surface area contributed by atoms with Crippen molar-refractivity contribution in [1.29, 1.82) is 0 Å². The molecule has 0 unspecified atom stereocenters. The first-order chi connectivity index (χ1) is 13.6. The number of amides is 3. The molecule has 2 rings (SSSR count). The van der Waals surface area contributed by atoms with Crippen LogP contribution < -0.4 is 16.2 Å². The van der Waals surface area contributed by atoms with Gasteiger partial charge < -0.3 is 5.32 Å². The van der Waals surface area contributed by atoms with E-state index in [9.17, 15) is 27.2 Å². The minimum absolute atomic E-state index is 0.00335. The molecule has 154 valence electrons. The average Bonchev–Trinajstić information content (AvgIpc) is 2.70. The minimum atomic E-state index is -3.72. The summed E-state index contributed by atoms with van der Waals surface area (Å²) in [4.78, 5) is 35.7. The summed E-state index contributed by atoms with van der Waals surface area (Å²) < 4.78 is 38.8. The maximum Gasteiger partial charge on any atom is 0.269 e. The van der Waals surface area contributed by atoms with E-state index in [1.807, 2.05) is 0 Å². The predicted molar refractivity (Wildman–Crippen MR) is 102 cm³/mol. The van der Waals surface area contributed by atoms with Crippen LogP contribution in [0.3, 0.4) is 0 Å². The zero-order valence-corrected chi connectivity index (χ0v) is 16.4. The van der Waals surface area contributed by atoms with Gasteiger partial charge >= 0.3 is 0 Å². The average molecular weight is 422 g/mol. The van der Waals surface area contributed by atoms with Gasteiger partial charge in [-0.05, 0) is 30.3 Å². The van der Waals surface area contributed by atoms with Crippen molar-refractivity contribution >= 4 is 27.7 Å². The summed E-state index contributed by atoms with van der Waals surface area (Å²) in [6, 6.07) is 10.5. The van der Waals surface area contributed by atoms with Gasteiger partial charge in [-0.3, -0.25) is 25.2 Å². The fraction of sp³-hybridized carbons (Fsp3) is 0.167. The van der Waals surface area contributed by atoms with Crippen LogP contribution in [0.15, 0.2) is 53.4 Å². The van der Waals surface area contributed by atoms with Crippen molar-refractivity contribution in [3.05, 3.63) is 65.5 Å². The molecule has 9 nitrogen and oxygen atoms in total. The van der Waals surface area contributed by atoms with E-state index in [4.69, 9.17) is 0 Å². The van der Waals surface area contributed by atoms with Crippen LogP contribution in [0.1, 0.15) is 20.7 Å². The number of halogens is 1. The molecule has 2 aromatic carbocycles. The van der Waals surface area contributed by atoms with Gasteiger partial charge in [-0.15, -0.1) is 0 Å². The number of hydrogen-bond acceptors (Lipinski definition) is 5. The van der Waals surface area contributed by atoms with Gasteiger partial charge in [0, 0.05) is 19.7 Å². The first kappa shape index (κ1) is 22.0. The van der Waals surface area contributed by atoms with E-state index >= 15 is 0 Å². The van der Waals surface area contributed by atoms with Crippen LogP contribution in [0, 0.1) is 5.82 Å². The predicted octanol–water partition coefficient (Wildman–Crippen LogP) is 0.267. The Morgan fingerprint density at radius 2 is 1.66 bits per heavy atom. The lowest BCUT2D eigenvalue weighted by Crippen LogP contribution is -2.46. The largest absolute Gasteiger partial charge is 0.343 e. The van der Waals surface area contributed by atoms with Gasteiger partial charge in [0.2, 0.25) is 10.0 Å². The fourth-order valence-corrected chi connectivity index (χ4v) is 3.10. The number of nitrogens with zero attached hydrogens (tertiary/aromatic N) is 1. The Bertz CT molecular complexity index is 1040. The highest BCUT2D eigenvalue weighted by molar-refractivity contribution is 7.89. The summed E-state index contributed by atoms with van der Waals surface area (Å²) in [7, 11) is -1.01. The molecule has 2 aromatic rings. The van der Waals surface area contributed by atoms with Gasteiger partial charge in [0.05, 0.1) is 17.0 Å². The third kappa shape index (κ3) is 5.59. The van der Waals surface area contributed by atoms with Crippen LogP contribution in [-0.4, -0.2) is 51.1 Å². The van der Waals surface area contributed by atoms with Crippen LogP contribution in [0.25, 0.3) is 0 Å². The summed E-state index contributed by atoms with van der Waals surface area (Å²) in [6.07, 6.45) is 0. The number of carbonyl (C=O) groups excluding carboxylic acids is 3. The SMILES string of the molecule is CN(C)S(=O)(=O)c1cccc(C(=O)NNC(=O)CNC(=O)c2ccccc2F)c1. The number of benzene rings is 2. The molecule has 0 atom stereocenters. The molecule has 0 bridgehead atoms. The second kappa shape index (κ2) is 9.26. The quantitative estimate of drug-likeness (QED) is 0.577. The number of hydrazine groups is 1. The van der Waals surface area contributed by atoms with Crippen molar-refractivity contribution in [1.82, 2.24) is 20.5 Å². The smallest absolute Gasteiger partial charge is 0.269 e. The molecule has 0 saturated heterocycles. The first-order valence-corrected chi connectivity index (χ1v) is 9.71. The van der Waals surface area contributed by atoms with Gasteiger partial charge in [0.15, 0.2) is 0 Å². The number of rotatable bonds is 6. The van der Waals surface area contributed by atoms with Crippen LogP contribution in [0.4, 0.5) is 4.39 Å². The maximum atomic E-state index is 13.5. The molecule has 0 fully saturated rings. The van der Waals surface area contributed by atoms with Gasteiger partial charge in [0.25, 0.3) is 17.7 Å². The second-order valence-electron chi connectivity index (χ2n) is 5.98. The van der Waals surface area contributed by atoms with E-state index in [0.717, 1.165) is 16.4 Å². The molecule has 3 N–H and O–H groups in total. The summed E-state index contributed by atoms with van der Waals surface area (Å²) in [5.41, 5.74) is 3.97. The Hall–Kier alpha value is -3.31. The standard InChI is InChI=1S/C18H19FN4O5S/c1-23(2)29(27,28)13-7-5-6-12(10-13)17(25)22-21-16(24)11-20-18(26)14-8-3-4-9-15(14)19/h3-10H,11H2,1-2H3,(H,20,26)(H,21,24)(H,22,25). The Morgan fingerprint density at radius 1 is 0.966 bits per heavy atom. The van der Waals surface area contributed by atoms with Crippen molar-refractivity contribution in [2.45, 2.75) is 4.90 Å². The van der Waals surface area contributed by atoms with Gasteiger partial charge in [-0.25, -0.2) is 17.1 Å². The van der Waals surface area contributed by atoms with Gasteiger partial charge in [-0.1, -0.05) is 18.2 Å². The zero-order valence-electron chi connectivity index (χ0n) is 15.6. The Morgan fingerprint density at radius 3 is 2.31 bits per heavy atom. The second-order valence-corrected chi connectivity index (χ2v) is 8.13. The van der Waals surface area contributed by atoms with E-state index in [2.05, 4.69) is 16.2 Å². The van der Waals surface area contributed by atoms with E-state index in [0.29, 0.717) is 0 Å². The van der Waals surface area contributed by atoms with Gasteiger partial charge in [0.1, 0.15) is 5.82 Å². The summed E-state index contributed by atoms with van der Waals surface area (Å²) in [5.74, 6) is -3.04. The van der Waals surface area contributed by atoms with Crippen molar-refractivity contribution in [3.63, 3.8) is 0 Å². The molecule has 0 radical (unpaired) electrons. The van der Waals surface area contributed by atoms with Crippen LogP contribution in [0.5, 0.6) is 0 Å². The molecule has 0 aliphatic heterocycles.